The molecule has 0 aliphatic rings. The van der Waals surface area contributed by atoms with Crippen LogP contribution in [0.15, 0.2) is 79.4 Å². The molecule has 22 heavy (non-hydrogen) atoms. The van der Waals surface area contributed by atoms with Gasteiger partial charge in [-0.25, -0.2) is 0 Å². The van der Waals surface area contributed by atoms with E-state index >= 15 is 0 Å². The van der Waals surface area contributed by atoms with Crippen molar-refractivity contribution in [2.45, 2.75) is 25.4 Å². The second-order valence-corrected chi connectivity index (χ2v) is 5.63. The maximum Gasteiger partial charge on any atom is 0.0839 e. The number of hydrogen-bond donors (Lipinski definition) is 0. The van der Waals surface area contributed by atoms with Crippen molar-refractivity contribution in [1.82, 2.24) is 0 Å². The Kier molecular flexibility index (Phi) is 6.17. The molecule has 1 heteroatoms. The molecule has 0 heterocycles. The molecule has 0 spiro atoms. The van der Waals surface area contributed by atoms with Gasteiger partial charge in [0.15, 0.2) is 0 Å². The summed E-state index contributed by atoms with van der Waals surface area (Å²) in [5, 5.41) is 0. The van der Waals surface area contributed by atoms with E-state index in [0.717, 1.165) is 12.8 Å². The molecule has 1 atom stereocenters. The molecular formula is C21H24O. The average molecular weight is 292 g/mol. The standard InChI is InChI=1S/C21H24O/c1-3-21(2,17-16-20-13-8-5-9-14-20)22-18-10-15-19-11-6-4-7-12-19/h3-15H,1,16-18H2,2H3/b15-10+. The van der Waals surface area contributed by atoms with Crippen LogP contribution in [0.3, 0.4) is 0 Å². The van der Waals surface area contributed by atoms with E-state index in [1.807, 2.05) is 30.3 Å². The Morgan fingerprint density at radius 2 is 1.64 bits per heavy atom. The molecule has 0 aliphatic heterocycles. The van der Waals surface area contributed by atoms with Gasteiger partial charge in [-0.2, -0.15) is 0 Å². The van der Waals surface area contributed by atoms with Crippen molar-refractivity contribution >= 4 is 6.08 Å². The van der Waals surface area contributed by atoms with Gasteiger partial charge in [-0.3, -0.25) is 0 Å². The maximum absolute atomic E-state index is 6.02. The van der Waals surface area contributed by atoms with E-state index in [9.17, 15) is 0 Å². The SMILES string of the molecule is C=CC(C)(CCc1ccccc1)OC/C=C/c1ccccc1. The molecule has 0 radical (unpaired) electrons. The summed E-state index contributed by atoms with van der Waals surface area (Å²) in [5.74, 6) is 0. The molecule has 2 aromatic rings. The molecule has 0 N–H and O–H groups in total. The van der Waals surface area contributed by atoms with E-state index in [1.165, 1.54) is 11.1 Å². The normalized spacial score (nSPS) is 13.9. The first-order valence-electron chi connectivity index (χ1n) is 7.75. The molecule has 0 bridgehead atoms. The third-order valence-electron chi connectivity index (χ3n) is 3.80. The summed E-state index contributed by atoms with van der Waals surface area (Å²) in [5.41, 5.74) is 2.23. The van der Waals surface area contributed by atoms with Crippen LogP contribution in [-0.2, 0) is 11.2 Å². The molecule has 0 saturated carbocycles. The van der Waals surface area contributed by atoms with Crippen molar-refractivity contribution in [2.75, 3.05) is 6.61 Å². The number of hydrogen-bond acceptors (Lipinski definition) is 1. The quantitative estimate of drug-likeness (QED) is 0.600. The fraction of sp³-hybridized carbons (Fsp3) is 0.238. The molecule has 0 fully saturated rings. The van der Waals surface area contributed by atoms with Gasteiger partial charge < -0.3 is 4.74 Å². The van der Waals surface area contributed by atoms with Crippen LogP contribution in [-0.4, -0.2) is 12.2 Å². The number of aryl methyl sites for hydroxylation is 1. The van der Waals surface area contributed by atoms with Crippen molar-refractivity contribution < 1.29 is 4.74 Å². The fourth-order valence-corrected chi connectivity index (χ4v) is 2.26. The third kappa shape index (κ3) is 5.34. The number of rotatable bonds is 8. The van der Waals surface area contributed by atoms with Crippen LogP contribution in [0.4, 0.5) is 0 Å². The lowest BCUT2D eigenvalue weighted by atomic mass is 9.96. The van der Waals surface area contributed by atoms with Gasteiger partial charge in [0.1, 0.15) is 0 Å². The Bertz CT molecular complexity index is 586. The zero-order chi connectivity index (χ0) is 15.7. The molecule has 2 aromatic carbocycles. The van der Waals surface area contributed by atoms with E-state index in [-0.39, 0.29) is 5.60 Å². The van der Waals surface area contributed by atoms with Crippen LogP contribution in [0.2, 0.25) is 0 Å². The van der Waals surface area contributed by atoms with Crippen LogP contribution in [0.25, 0.3) is 6.08 Å². The lowest BCUT2D eigenvalue weighted by molar-refractivity contribution is 0.0178. The van der Waals surface area contributed by atoms with E-state index in [1.54, 1.807) is 0 Å². The van der Waals surface area contributed by atoms with Crippen LogP contribution in [0.1, 0.15) is 24.5 Å². The summed E-state index contributed by atoms with van der Waals surface area (Å²) >= 11 is 0. The zero-order valence-electron chi connectivity index (χ0n) is 13.2. The van der Waals surface area contributed by atoms with Crippen molar-refractivity contribution in [3.8, 4) is 0 Å². The topological polar surface area (TPSA) is 9.23 Å². The second-order valence-electron chi connectivity index (χ2n) is 5.63. The molecular weight excluding hydrogens is 268 g/mol. The van der Waals surface area contributed by atoms with E-state index in [0.29, 0.717) is 6.61 Å². The van der Waals surface area contributed by atoms with Gasteiger partial charge in [0.2, 0.25) is 0 Å². The predicted molar refractivity (Wildman–Crippen MR) is 94.8 cm³/mol. The molecule has 0 saturated heterocycles. The molecule has 0 aliphatic carbocycles. The van der Waals surface area contributed by atoms with Gasteiger partial charge >= 0.3 is 0 Å². The summed E-state index contributed by atoms with van der Waals surface area (Å²) in [6, 6.07) is 20.7. The summed E-state index contributed by atoms with van der Waals surface area (Å²) in [4.78, 5) is 0. The first-order chi connectivity index (χ1) is 10.7. The Morgan fingerprint density at radius 1 is 1.00 bits per heavy atom. The fourth-order valence-electron chi connectivity index (χ4n) is 2.26. The van der Waals surface area contributed by atoms with E-state index in [4.69, 9.17) is 4.74 Å². The Morgan fingerprint density at radius 3 is 2.27 bits per heavy atom. The highest BCUT2D eigenvalue weighted by atomic mass is 16.5. The molecule has 0 aromatic heterocycles. The molecule has 0 amide bonds. The van der Waals surface area contributed by atoms with Gasteiger partial charge in [-0.1, -0.05) is 78.9 Å². The highest BCUT2D eigenvalue weighted by molar-refractivity contribution is 5.48. The number of benzene rings is 2. The van der Waals surface area contributed by atoms with Crippen molar-refractivity contribution in [3.63, 3.8) is 0 Å². The maximum atomic E-state index is 6.02. The minimum absolute atomic E-state index is 0.295. The van der Waals surface area contributed by atoms with Gasteiger partial charge in [-0.05, 0) is 30.9 Å². The van der Waals surface area contributed by atoms with Gasteiger partial charge in [0.05, 0.1) is 12.2 Å². The Hall–Kier alpha value is -2.12. The molecule has 2 rings (SSSR count). The van der Waals surface area contributed by atoms with Crippen LogP contribution >= 0.6 is 0 Å². The summed E-state index contributed by atoms with van der Waals surface area (Å²) in [7, 11) is 0. The van der Waals surface area contributed by atoms with Gasteiger partial charge in [0.25, 0.3) is 0 Å². The lowest BCUT2D eigenvalue weighted by Crippen LogP contribution is -2.26. The van der Waals surface area contributed by atoms with Crippen LogP contribution in [0, 0.1) is 0 Å². The van der Waals surface area contributed by atoms with Crippen molar-refractivity contribution in [3.05, 3.63) is 90.5 Å². The largest absolute Gasteiger partial charge is 0.367 e. The first kappa shape index (κ1) is 16.3. The first-order valence-corrected chi connectivity index (χ1v) is 7.75. The predicted octanol–water partition coefficient (Wildman–Crippen LogP) is 5.29. The van der Waals surface area contributed by atoms with E-state index in [2.05, 4.69) is 62.1 Å². The summed E-state index contributed by atoms with van der Waals surface area (Å²) in [6.45, 7) is 6.62. The minimum atomic E-state index is -0.295. The minimum Gasteiger partial charge on any atom is -0.367 e. The lowest BCUT2D eigenvalue weighted by Gasteiger charge is -2.25. The van der Waals surface area contributed by atoms with Crippen molar-refractivity contribution in [1.29, 1.82) is 0 Å². The summed E-state index contributed by atoms with van der Waals surface area (Å²) in [6.07, 6.45) is 7.97. The van der Waals surface area contributed by atoms with Crippen LogP contribution < -0.4 is 0 Å². The summed E-state index contributed by atoms with van der Waals surface area (Å²) < 4.78 is 6.02. The molecule has 1 nitrogen and oxygen atoms in total. The monoisotopic (exact) mass is 292 g/mol. The zero-order valence-corrected chi connectivity index (χ0v) is 13.2. The second kappa shape index (κ2) is 8.35. The highest BCUT2D eigenvalue weighted by Crippen LogP contribution is 2.20. The van der Waals surface area contributed by atoms with Crippen LogP contribution in [0.5, 0.6) is 0 Å². The number of ether oxygens (including phenoxy) is 1. The van der Waals surface area contributed by atoms with E-state index < -0.39 is 0 Å². The van der Waals surface area contributed by atoms with Gasteiger partial charge in [-0.15, -0.1) is 6.58 Å². The van der Waals surface area contributed by atoms with Gasteiger partial charge in [0, 0.05) is 0 Å². The molecule has 114 valence electrons. The smallest absolute Gasteiger partial charge is 0.0839 e. The van der Waals surface area contributed by atoms with Crippen molar-refractivity contribution in [2.24, 2.45) is 0 Å². The average Bonchev–Trinajstić information content (AvgIpc) is 2.59. The third-order valence-corrected chi connectivity index (χ3v) is 3.80. The molecule has 1 unspecified atom stereocenters. The Balaban J connectivity index is 1.82. The highest BCUT2D eigenvalue weighted by Gasteiger charge is 2.19. The Labute approximate surface area is 134 Å².